The van der Waals surface area contributed by atoms with E-state index in [-0.39, 0.29) is 28.7 Å². The molecule has 0 bridgehead atoms. The lowest BCUT2D eigenvalue weighted by Gasteiger charge is -2.21. The van der Waals surface area contributed by atoms with Crippen molar-refractivity contribution >= 4 is 33.2 Å². The first-order chi connectivity index (χ1) is 11.7. The normalized spacial score (nSPS) is 11.4. The standard InChI is InChI=1S/C16H15ClF2N2O3S/c1-11(22)21(13-5-6-15(18)16(19)10-13)8-7-20-25(23,24)14-4-2-3-12(17)9-14/h2-6,9-10,20H,7-8H2,1H3. The number of nitrogens with zero attached hydrogens (tertiary/aromatic N) is 1. The first kappa shape index (κ1) is 19.3. The van der Waals surface area contributed by atoms with Crippen LogP contribution in [0.3, 0.4) is 0 Å². The van der Waals surface area contributed by atoms with E-state index in [1.807, 2.05) is 0 Å². The van der Waals surface area contributed by atoms with E-state index in [1.165, 1.54) is 31.2 Å². The summed E-state index contributed by atoms with van der Waals surface area (Å²) in [7, 11) is -3.81. The summed E-state index contributed by atoms with van der Waals surface area (Å²) in [4.78, 5) is 12.9. The van der Waals surface area contributed by atoms with E-state index < -0.39 is 27.6 Å². The minimum Gasteiger partial charge on any atom is -0.311 e. The Bertz CT molecular complexity index is 891. The second kappa shape index (κ2) is 7.90. The van der Waals surface area contributed by atoms with Crippen LogP contribution in [0.4, 0.5) is 14.5 Å². The zero-order valence-electron chi connectivity index (χ0n) is 13.2. The number of anilines is 1. The molecule has 0 aliphatic rings. The Morgan fingerprint density at radius 1 is 1.16 bits per heavy atom. The summed E-state index contributed by atoms with van der Waals surface area (Å²) in [5, 5.41) is 0.273. The van der Waals surface area contributed by atoms with E-state index in [9.17, 15) is 22.0 Å². The van der Waals surface area contributed by atoms with Gasteiger partial charge in [-0.3, -0.25) is 4.79 Å². The van der Waals surface area contributed by atoms with Gasteiger partial charge in [0.25, 0.3) is 0 Å². The fourth-order valence-electron chi connectivity index (χ4n) is 2.13. The van der Waals surface area contributed by atoms with Crippen LogP contribution in [0, 0.1) is 11.6 Å². The molecule has 134 valence electrons. The van der Waals surface area contributed by atoms with Crippen LogP contribution in [0.1, 0.15) is 6.92 Å². The summed E-state index contributed by atoms with van der Waals surface area (Å²) >= 11 is 5.77. The van der Waals surface area contributed by atoms with Gasteiger partial charge in [0.2, 0.25) is 15.9 Å². The van der Waals surface area contributed by atoms with Crippen molar-refractivity contribution < 1.29 is 22.0 Å². The van der Waals surface area contributed by atoms with Gasteiger partial charge in [-0.25, -0.2) is 21.9 Å². The van der Waals surface area contributed by atoms with E-state index >= 15 is 0 Å². The Labute approximate surface area is 149 Å². The second-order valence-corrected chi connectivity index (χ2v) is 7.33. The van der Waals surface area contributed by atoms with Crippen LogP contribution in [-0.4, -0.2) is 27.4 Å². The highest BCUT2D eigenvalue weighted by Gasteiger charge is 2.17. The molecule has 2 aromatic rings. The van der Waals surface area contributed by atoms with Crippen molar-refractivity contribution in [3.63, 3.8) is 0 Å². The second-order valence-electron chi connectivity index (χ2n) is 5.12. The lowest BCUT2D eigenvalue weighted by molar-refractivity contribution is -0.116. The number of sulfonamides is 1. The van der Waals surface area contributed by atoms with Crippen LogP contribution in [0.5, 0.6) is 0 Å². The van der Waals surface area contributed by atoms with Crippen molar-refractivity contribution in [1.29, 1.82) is 0 Å². The molecule has 1 N–H and O–H groups in total. The molecule has 25 heavy (non-hydrogen) atoms. The van der Waals surface area contributed by atoms with Crippen LogP contribution in [-0.2, 0) is 14.8 Å². The number of benzene rings is 2. The molecule has 0 aromatic heterocycles. The molecular formula is C16H15ClF2N2O3S. The zero-order valence-corrected chi connectivity index (χ0v) is 14.7. The molecule has 2 rings (SSSR count). The molecule has 0 aliphatic heterocycles. The Hall–Kier alpha value is -2.03. The van der Waals surface area contributed by atoms with Crippen LogP contribution >= 0.6 is 11.6 Å². The lowest BCUT2D eigenvalue weighted by atomic mass is 10.2. The SMILES string of the molecule is CC(=O)N(CCNS(=O)(=O)c1cccc(Cl)c1)c1ccc(F)c(F)c1. The molecule has 0 saturated carbocycles. The number of hydrogen-bond acceptors (Lipinski definition) is 3. The number of carbonyl (C=O) groups excluding carboxylic acids is 1. The van der Waals surface area contributed by atoms with Gasteiger partial charge >= 0.3 is 0 Å². The van der Waals surface area contributed by atoms with Gasteiger partial charge in [0.1, 0.15) is 0 Å². The van der Waals surface area contributed by atoms with Gasteiger partial charge in [0.05, 0.1) is 4.90 Å². The smallest absolute Gasteiger partial charge is 0.240 e. The predicted octanol–water partition coefficient (Wildman–Crippen LogP) is 2.95. The summed E-state index contributed by atoms with van der Waals surface area (Å²) in [5.74, 6) is -2.56. The molecule has 0 radical (unpaired) electrons. The molecule has 2 aromatic carbocycles. The van der Waals surface area contributed by atoms with Crippen LogP contribution in [0.15, 0.2) is 47.4 Å². The van der Waals surface area contributed by atoms with Gasteiger partial charge in [0, 0.05) is 36.8 Å². The Balaban J connectivity index is 2.09. The fraction of sp³-hybridized carbons (Fsp3) is 0.188. The Morgan fingerprint density at radius 2 is 1.88 bits per heavy atom. The molecule has 5 nitrogen and oxygen atoms in total. The van der Waals surface area contributed by atoms with Crippen molar-refractivity contribution in [2.24, 2.45) is 0 Å². The number of halogens is 3. The summed E-state index contributed by atoms with van der Waals surface area (Å²) in [5.41, 5.74) is 0.133. The molecule has 0 atom stereocenters. The van der Waals surface area contributed by atoms with Crippen molar-refractivity contribution in [3.05, 3.63) is 59.1 Å². The molecule has 9 heteroatoms. The van der Waals surface area contributed by atoms with Gasteiger partial charge in [-0.15, -0.1) is 0 Å². The molecule has 0 heterocycles. The highest BCUT2D eigenvalue weighted by atomic mass is 35.5. The highest BCUT2D eigenvalue weighted by Crippen LogP contribution is 2.18. The predicted molar refractivity (Wildman–Crippen MR) is 91.0 cm³/mol. The lowest BCUT2D eigenvalue weighted by Crippen LogP contribution is -2.37. The van der Waals surface area contributed by atoms with E-state index in [0.29, 0.717) is 0 Å². The molecular weight excluding hydrogens is 374 g/mol. The number of nitrogens with one attached hydrogen (secondary N) is 1. The number of amides is 1. The minimum atomic E-state index is -3.81. The largest absolute Gasteiger partial charge is 0.311 e. The van der Waals surface area contributed by atoms with E-state index in [2.05, 4.69) is 4.72 Å². The van der Waals surface area contributed by atoms with Gasteiger partial charge in [0.15, 0.2) is 11.6 Å². The summed E-state index contributed by atoms with van der Waals surface area (Å²) < 4.78 is 53.1. The van der Waals surface area contributed by atoms with Crippen LogP contribution in [0.25, 0.3) is 0 Å². The molecule has 0 saturated heterocycles. The molecule has 0 spiro atoms. The van der Waals surface area contributed by atoms with E-state index in [0.717, 1.165) is 17.0 Å². The average Bonchev–Trinajstić information content (AvgIpc) is 2.54. The third-order valence-electron chi connectivity index (χ3n) is 3.33. The van der Waals surface area contributed by atoms with Gasteiger partial charge in [-0.2, -0.15) is 0 Å². The number of rotatable bonds is 6. The van der Waals surface area contributed by atoms with E-state index in [4.69, 9.17) is 11.6 Å². The Morgan fingerprint density at radius 3 is 2.48 bits per heavy atom. The van der Waals surface area contributed by atoms with Crippen molar-refractivity contribution in [2.45, 2.75) is 11.8 Å². The Kier molecular flexibility index (Phi) is 6.10. The third kappa shape index (κ3) is 4.97. The number of hydrogen-bond donors (Lipinski definition) is 1. The van der Waals surface area contributed by atoms with Gasteiger partial charge in [-0.1, -0.05) is 17.7 Å². The van der Waals surface area contributed by atoms with Crippen molar-refractivity contribution in [3.8, 4) is 0 Å². The third-order valence-corrected chi connectivity index (χ3v) is 5.02. The van der Waals surface area contributed by atoms with Crippen molar-refractivity contribution in [1.82, 2.24) is 4.72 Å². The minimum absolute atomic E-state index is 0.0119. The first-order valence-corrected chi connectivity index (χ1v) is 9.05. The van der Waals surface area contributed by atoms with E-state index in [1.54, 1.807) is 6.07 Å². The van der Waals surface area contributed by atoms with Crippen LogP contribution in [0.2, 0.25) is 5.02 Å². The first-order valence-electron chi connectivity index (χ1n) is 7.19. The average molecular weight is 389 g/mol. The maximum Gasteiger partial charge on any atom is 0.240 e. The molecule has 0 aliphatic carbocycles. The maximum atomic E-state index is 13.3. The molecule has 0 unspecified atom stereocenters. The quantitative estimate of drug-likeness (QED) is 0.827. The summed E-state index contributed by atoms with van der Waals surface area (Å²) in [6.45, 7) is 1.07. The topological polar surface area (TPSA) is 66.5 Å². The summed E-state index contributed by atoms with van der Waals surface area (Å²) in [6, 6.07) is 8.74. The fourth-order valence-corrected chi connectivity index (χ4v) is 3.45. The van der Waals surface area contributed by atoms with Gasteiger partial charge < -0.3 is 4.90 Å². The molecule has 0 fully saturated rings. The number of carbonyl (C=O) groups is 1. The molecule has 1 amide bonds. The van der Waals surface area contributed by atoms with Gasteiger partial charge in [-0.05, 0) is 30.3 Å². The monoisotopic (exact) mass is 388 g/mol. The summed E-state index contributed by atoms with van der Waals surface area (Å²) in [6.07, 6.45) is 0. The maximum absolute atomic E-state index is 13.3. The highest BCUT2D eigenvalue weighted by molar-refractivity contribution is 7.89. The van der Waals surface area contributed by atoms with Crippen LogP contribution < -0.4 is 9.62 Å². The zero-order chi connectivity index (χ0) is 18.6. The van der Waals surface area contributed by atoms with Crippen molar-refractivity contribution in [2.75, 3.05) is 18.0 Å².